The summed E-state index contributed by atoms with van der Waals surface area (Å²) < 4.78 is 11.2. The second kappa shape index (κ2) is 9.18. The normalized spacial score (nSPS) is 10.6. The zero-order valence-corrected chi connectivity index (χ0v) is 16.5. The van der Waals surface area contributed by atoms with E-state index in [0.717, 1.165) is 17.8 Å². The topological polar surface area (TPSA) is 149 Å². The second-order valence-electron chi connectivity index (χ2n) is 5.96. The van der Waals surface area contributed by atoms with Gasteiger partial charge in [-0.3, -0.25) is 4.79 Å². The number of aromatic nitrogens is 2. The van der Waals surface area contributed by atoms with Crippen LogP contribution < -0.4 is 19.8 Å². The average molecular weight is 431 g/mol. The van der Waals surface area contributed by atoms with Crippen molar-refractivity contribution in [2.24, 2.45) is 0 Å². The number of amides is 1. The molecule has 1 heterocycles. The number of hydrogen-bond acceptors (Lipinski definition) is 8. The van der Waals surface area contributed by atoms with Gasteiger partial charge in [0.2, 0.25) is 11.6 Å². The number of carbonyl (C=O) groups is 2. The lowest BCUT2D eigenvalue weighted by atomic mass is 10.2. The maximum Gasteiger partial charge on any atom is 0.339 e. The molecule has 156 valence electrons. The highest BCUT2D eigenvalue weighted by Gasteiger charge is 2.21. The van der Waals surface area contributed by atoms with Crippen LogP contribution in [0.3, 0.4) is 0 Å². The van der Waals surface area contributed by atoms with Crippen LogP contribution in [0.1, 0.15) is 16.8 Å². The Kier molecular flexibility index (Phi) is 6.42. The van der Waals surface area contributed by atoms with Crippen molar-refractivity contribution >= 4 is 29.3 Å². The Morgan fingerprint density at radius 2 is 2.00 bits per heavy atom. The van der Waals surface area contributed by atoms with E-state index < -0.39 is 17.7 Å². The molecule has 0 saturated heterocycles. The lowest BCUT2D eigenvalue weighted by molar-refractivity contribution is -0.705. The van der Waals surface area contributed by atoms with Crippen LogP contribution >= 0.6 is 11.8 Å². The minimum absolute atomic E-state index is 0.0428. The van der Waals surface area contributed by atoms with E-state index in [4.69, 9.17) is 14.4 Å². The third-order valence-electron chi connectivity index (χ3n) is 3.97. The van der Waals surface area contributed by atoms with Crippen LogP contribution in [0.2, 0.25) is 0 Å². The van der Waals surface area contributed by atoms with Crippen molar-refractivity contribution in [2.75, 3.05) is 18.2 Å². The van der Waals surface area contributed by atoms with Gasteiger partial charge in [-0.25, -0.2) is 4.79 Å². The Balaban J connectivity index is 1.61. The SMILES string of the molecule is COc1ccc(-[n+]2noc([O-])c2SCCC(=O)Nc2ccc(O)c(C(=O)O)c2)cc1. The van der Waals surface area contributed by atoms with Gasteiger partial charge in [-0.05, 0) is 35.0 Å². The van der Waals surface area contributed by atoms with Gasteiger partial charge in [0.1, 0.15) is 17.1 Å². The Morgan fingerprint density at radius 3 is 2.67 bits per heavy atom. The van der Waals surface area contributed by atoms with Crippen LogP contribution in [0.4, 0.5) is 5.69 Å². The van der Waals surface area contributed by atoms with Gasteiger partial charge in [0.25, 0.3) is 5.03 Å². The summed E-state index contributed by atoms with van der Waals surface area (Å²) in [5.41, 5.74) is 0.519. The van der Waals surface area contributed by atoms with Crippen LogP contribution in [-0.2, 0) is 4.79 Å². The number of methoxy groups -OCH3 is 1. The maximum absolute atomic E-state index is 12.1. The first-order valence-corrected chi connectivity index (χ1v) is 9.60. The minimum atomic E-state index is -1.31. The van der Waals surface area contributed by atoms with Gasteiger partial charge in [0.05, 0.1) is 12.4 Å². The Morgan fingerprint density at radius 1 is 1.27 bits per heavy atom. The van der Waals surface area contributed by atoms with E-state index in [1.165, 1.54) is 16.8 Å². The number of benzene rings is 2. The number of aromatic hydroxyl groups is 1. The summed E-state index contributed by atoms with van der Waals surface area (Å²) in [6, 6.07) is 10.6. The molecule has 30 heavy (non-hydrogen) atoms. The molecule has 0 aliphatic heterocycles. The van der Waals surface area contributed by atoms with Crippen molar-refractivity contribution < 1.29 is 38.9 Å². The molecule has 0 unspecified atom stereocenters. The number of carboxylic acid groups (broad SMARTS) is 1. The van der Waals surface area contributed by atoms with Crippen LogP contribution in [0.15, 0.2) is 52.0 Å². The van der Waals surface area contributed by atoms with E-state index >= 15 is 0 Å². The molecule has 3 N–H and O–H groups in total. The fraction of sp³-hybridized carbons (Fsp3) is 0.158. The number of ether oxygens (including phenoxy) is 1. The molecule has 1 aromatic heterocycles. The summed E-state index contributed by atoms with van der Waals surface area (Å²) >= 11 is 1.10. The molecule has 10 nitrogen and oxygen atoms in total. The monoisotopic (exact) mass is 431 g/mol. The number of carboxylic acids is 1. The van der Waals surface area contributed by atoms with Crippen LogP contribution in [0, 0.1) is 0 Å². The first kappa shape index (κ1) is 21.0. The zero-order valence-electron chi connectivity index (χ0n) is 15.7. The van der Waals surface area contributed by atoms with Gasteiger partial charge >= 0.3 is 5.97 Å². The van der Waals surface area contributed by atoms with Crippen molar-refractivity contribution in [3.05, 3.63) is 48.0 Å². The predicted octanol–water partition coefficient (Wildman–Crippen LogP) is 1.56. The highest BCUT2D eigenvalue weighted by molar-refractivity contribution is 7.99. The molecule has 0 spiro atoms. The average Bonchev–Trinajstić information content (AvgIpc) is 3.10. The minimum Gasteiger partial charge on any atom is -0.538 e. The molecule has 0 saturated carbocycles. The third-order valence-corrected chi connectivity index (χ3v) is 4.99. The van der Waals surface area contributed by atoms with Crippen molar-refractivity contribution in [1.82, 2.24) is 5.27 Å². The van der Waals surface area contributed by atoms with E-state index in [-0.39, 0.29) is 34.4 Å². The van der Waals surface area contributed by atoms with E-state index in [1.54, 1.807) is 31.4 Å². The van der Waals surface area contributed by atoms with Crippen LogP contribution in [-0.4, -0.2) is 40.2 Å². The number of anilines is 1. The molecule has 11 heteroatoms. The smallest absolute Gasteiger partial charge is 0.339 e. The van der Waals surface area contributed by atoms with Crippen LogP contribution in [0.25, 0.3) is 5.69 Å². The largest absolute Gasteiger partial charge is 0.538 e. The Bertz CT molecular complexity index is 1070. The van der Waals surface area contributed by atoms with Gasteiger partial charge in [-0.1, -0.05) is 11.8 Å². The lowest BCUT2D eigenvalue weighted by Gasteiger charge is -2.07. The van der Waals surface area contributed by atoms with E-state index in [9.17, 15) is 19.8 Å². The number of nitrogens with zero attached hydrogens (tertiary/aromatic N) is 2. The van der Waals surface area contributed by atoms with Gasteiger partial charge in [0, 0.05) is 30.0 Å². The number of nitrogens with one attached hydrogen (secondary N) is 1. The summed E-state index contributed by atoms with van der Waals surface area (Å²) in [5.74, 6) is -1.81. The number of aromatic carboxylic acids is 1. The molecule has 3 rings (SSSR count). The quantitative estimate of drug-likeness (QED) is 0.274. The molecule has 3 aromatic rings. The van der Waals surface area contributed by atoms with Crippen molar-refractivity contribution in [3.8, 4) is 23.1 Å². The third kappa shape index (κ3) is 4.81. The summed E-state index contributed by atoms with van der Waals surface area (Å²) in [7, 11) is 1.54. The lowest BCUT2D eigenvalue weighted by Crippen LogP contribution is -2.34. The molecular weight excluding hydrogens is 414 g/mol. The number of rotatable bonds is 8. The summed E-state index contributed by atoms with van der Waals surface area (Å²) in [6.07, 6.45) is 0.0428. The fourth-order valence-corrected chi connectivity index (χ4v) is 3.39. The highest BCUT2D eigenvalue weighted by Crippen LogP contribution is 2.25. The number of carbonyl (C=O) groups excluding carboxylic acids is 1. The molecule has 1 amide bonds. The van der Waals surface area contributed by atoms with Crippen molar-refractivity contribution in [1.29, 1.82) is 0 Å². The van der Waals surface area contributed by atoms with Crippen LogP contribution in [0.5, 0.6) is 17.4 Å². The fourth-order valence-electron chi connectivity index (χ4n) is 2.50. The number of phenols is 1. The number of thioether (sulfide) groups is 1. The molecule has 0 aliphatic carbocycles. The second-order valence-corrected chi connectivity index (χ2v) is 7.04. The summed E-state index contributed by atoms with van der Waals surface area (Å²) in [5, 5.41) is 37.0. The van der Waals surface area contributed by atoms with Gasteiger partial charge in [-0.2, -0.15) is 0 Å². The predicted molar refractivity (Wildman–Crippen MR) is 103 cm³/mol. The molecule has 0 radical (unpaired) electrons. The Labute approximate surface area is 174 Å². The molecule has 0 fully saturated rings. The zero-order chi connectivity index (χ0) is 21.7. The molecule has 0 aliphatic rings. The van der Waals surface area contributed by atoms with Gasteiger partial charge < -0.3 is 29.9 Å². The van der Waals surface area contributed by atoms with E-state index in [2.05, 4.69) is 10.6 Å². The van der Waals surface area contributed by atoms with E-state index in [1.807, 2.05) is 0 Å². The van der Waals surface area contributed by atoms with Crippen molar-refractivity contribution in [3.63, 3.8) is 0 Å². The maximum atomic E-state index is 12.1. The molecule has 0 bridgehead atoms. The van der Waals surface area contributed by atoms with E-state index in [0.29, 0.717) is 11.4 Å². The molecule has 2 aromatic carbocycles. The standard InChI is InChI=1S/C19H17N3O7S/c1-28-13-5-3-12(4-6-13)22-17(19(27)29-21-22)30-9-8-16(24)20-11-2-7-15(23)14(10-11)18(25)26/h2-7,10,21H,8-9H2,1H3,(H2,25,26,27). The van der Waals surface area contributed by atoms with Gasteiger partial charge in [0.15, 0.2) is 5.95 Å². The van der Waals surface area contributed by atoms with Gasteiger partial charge in [-0.15, -0.1) is 0 Å². The summed E-state index contributed by atoms with van der Waals surface area (Å²) in [4.78, 5) is 23.2. The molecule has 0 atom stereocenters. The Hall–Kier alpha value is -3.73. The number of hydrogen-bond donors (Lipinski definition) is 3. The first-order chi connectivity index (χ1) is 14.4. The van der Waals surface area contributed by atoms with Crippen molar-refractivity contribution in [2.45, 2.75) is 11.4 Å². The summed E-state index contributed by atoms with van der Waals surface area (Å²) in [6.45, 7) is 0. The highest BCUT2D eigenvalue weighted by atomic mass is 32.2. The first-order valence-electron chi connectivity index (χ1n) is 8.61. The molecular formula is C19H17N3O7S.